The third-order valence-corrected chi connectivity index (χ3v) is 4.57. The fourth-order valence-corrected chi connectivity index (χ4v) is 3.21. The number of ether oxygens (including phenoxy) is 1. The van der Waals surface area contributed by atoms with Gasteiger partial charge in [-0.25, -0.2) is 13.1 Å². The molecule has 5 nitrogen and oxygen atoms in total. The third-order valence-electron chi connectivity index (χ3n) is 2.58. The van der Waals surface area contributed by atoms with Crippen LogP contribution in [0, 0.1) is 0 Å². The number of hydrogen-bond acceptors (Lipinski definition) is 4. The maximum atomic E-state index is 12.0. The Bertz CT molecular complexity index is 576. The van der Waals surface area contributed by atoms with Crippen molar-refractivity contribution < 1.29 is 13.2 Å². The summed E-state index contributed by atoms with van der Waals surface area (Å²) in [7, 11) is -1.97. The topological polar surface area (TPSA) is 81.4 Å². The molecule has 8 heteroatoms. The number of halogens is 1. The zero-order valence-corrected chi connectivity index (χ0v) is 13.4. The molecule has 1 aromatic rings. The van der Waals surface area contributed by atoms with Gasteiger partial charge in [0.15, 0.2) is 0 Å². The average molecular weight is 337 g/mol. The summed E-state index contributed by atoms with van der Waals surface area (Å²) in [5.74, 6) is 0. The Kier molecular flexibility index (Phi) is 6.84. The summed E-state index contributed by atoms with van der Waals surface area (Å²) in [6, 6.07) is 4.27. The molecule has 0 radical (unpaired) electrons. The van der Waals surface area contributed by atoms with Crippen LogP contribution in [-0.2, 0) is 14.8 Å². The van der Waals surface area contributed by atoms with Gasteiger partial charge in [-0.15, -0.1) is 0 Å². The summed E-state index contributed by atoms with van der Waals surface area (Å²) in [4.78, 5) is 0.223. The molecule has 3 N–H and O–H groups in total. The molecular weight excluding hydrogens is 320 g/mol. The second-order valence-corrected chi connectivity index (χ2v) is 6.72. The van der Waals surface area contributed by atoms with E-state index in [0.29, 0.717) is 25.1 Å². The van der Waals surface area contributed by atoms with Gasteiger partial charge in [-0.05, 0) is 31.0 Å². The predicted molar refractivity (Wildman–Crippen MR) is 83.6 cm³/mol. The molecule has 0 aliphatic heterocycles. The minimum absolute atomic E-state index is 0.0919. The maximum absolute atomic E-state index is 12.0. The van der Waals surface area contributed by atoms with E-state index in [1.54, 1.807) is 7.11 Å². The first kappa shape index (κ1) is 17.3. The molecule has 0 aromatic heterocycles. The van der Waals surface area contributed by atoms with Gasteiger partial charge >= 0.3 is 0 Å². The number of rotatable bonds is 8. The van der Waals surface area contributed by atoms with Gasteiger partial charge in [-0.1, -0.05) is 23.8 Å². The highest BCUT2D eigenvalue weighted by Crippen LogP contribution is 2.20. The van der Waals surface area contributed by atoms with E-state index in [9.17, 15) is 8.42 Å². The fraction of sp³-hybridized carbons (Fsp3) is 0.417. The highest BCUT2D eigenvalue weighted by atomic mass is 35.5. The van der Waals surface area contributed by atoms with Crippen molar-refractivity contribution in [3.05, 3.63) is 28.8 Å². The SMILES string of the molecule is COCCCCNS(=O)(=O)c1ccc(C(N)=S)c(Cl)c1. The van der Waals surface area contributed by atoms with Crippen LogP contribution in [0.25, 0.3) is 0 Å². The molecule has 0 atom stereocenters. The zero-order valence-electron chi connectivity index (χ0n) is 11.1. The molecular formula is C12H17ClN2O3S2. The molecule has 0 spiro atoms. The van der Waals surface area contributed by atoms with Gasteiger partial charge in [0.1, 0.15) is 4.99 Å². The number of thiocarbonyl (C=S) groups is 1. The highest BCUT2D eigenvalue weighted by molar-refractivity contribution is 7.89. The number of benzene rings is 1. The van der Waals surface area contributed by atoms with E-state index < -0.39 is 10.0 Å². The molecule has 20 heavy (non-hydrogen) atoms. The van der Waals surface area contributed by atoms with Crippen LogP contribution in [0.15, 0.2) is 23.1 Å². The van der Waals surface area contributed by atoms with Crippen molar-refractivity contribution in [2.45, 2.75) is 17.7 Å². The first-order valence-corrected chi connectivity index (χ1v) is 8.23. The summed E-state index contributed by atoms with van der Waals surface area (Å²) in [5, 5.41) is 0.222. The largest absolute Gasteiger partial charge is 0.389 e. The number of methoxy groups -OCH3 is 1. The predicted octanol–water partition coefficient (Wildman–Crippen LogP) is 1.68. The van der Waals surface area contributed by atoms with Gasteiger partial charge in [0.05, 0.1) is 9.92 Å². The molecule has 0 fully saturated rings. The first-order chi connectivity index (χ1) is 9.38. The first-order valence-electron chi connectivity index (χ1n) is 5.96. The zero-order chi connectivity index (χ0) is 15.2. The van der Waals surface area contributed by atoms with E-state index in [1.807, 2.05) is 0 Å². The number of nitrogens with two attached hydrogens (primary N) is 1. The Morgan fingerprint density at radius 1 is 1.45 bits per heavy atom. The van der Waals surface area contributed by atoms with E-state index in [1.165, 1.54) is 18.2 Å². The van der Waals surface area contributed by atoms with Crippen LogP contribution < -0.4 is 10.5 Å². The Hall–Kier alpha value is -0.730. The highest BCUT2D eigenvalue weighted by Gasteiger charge is 2.15. The van der Waals surface area contributed by atoms with Crippen molar-refractivity contribution in [1.82, 2.24) is 4.72 Å². The standard InChI is InChI=1S/C12H17ClN2O3S2/c1-18-7-3-2-6-15-20(16,17)9-4-5-10(12(14)19)11(13)8-9/h4-5,8,15H,2-3,6-7H2,1H3,(H2,14,19). The van der Waals surface area contributed by atoms with Crippen molar-refractivity contribution in [2.75, 3.05) is 20.3 Å². The summed E-state index contributed by atoms with van der Waals surface area (Å²) in [6.07, 6.45) is 1.49. The minimum atomic E-state index is -3.57. The van der Waals surface area contributed by atoms with Gasteiger partial charge in [0.25, 0.3) is 0 Å². The van der Waals surface area contributed by atoms with Crippen molar-refractivity contribution in [3.8, 4) is 0 Å². The molecule has 1 aromatic carbocycles. The van der Waals surface area contributed by atoms with Crippen LogP contribution in [0.5, 0.6) is 0 Å². The van der Waals surface area contributed by atoms with E-state index in [-0.39, 0.29) is 14.9 Å². The molecule has 0 amide bonds. The fourth-order valence-electron chi connectivity index (χ4n) is 1.52. The Morgan fingerprint density at radius 3 is 2.70 bits per heavy atom. The van der Waals surface area contributed by atoms with Gasteiger partial charge < -0.3 is 10.5 Å². The molecule has 112 valence electrons. The van der Waals surface area contributed by atoms with Gasteiger partial charge in [0.2, 0.25) is 10.0 Å². The minimum Gasteiger partial charge on any atom is -0.389 e. The van der Waals surface area contributed by atoms with Crippen LogP contribution in [0.3, 0.4) is 0 Å². The Morgan fingerprint density at radius 2 is 2.15 bits per heavy atom. The van der Waals surface area contributed by atoms with Crippen LogP contribution in [0.4, 0.5) is 0 Å². The molecule has 0 aliphatic rings. The second kappa shape index (κ2) is 7.90. The lowest BCUT2D eigenvalue weighted by atomic mass is 10.2. The Balaban J connectivity index is 2.73. The van der Waals surface area contributed by atoms with Gasteiger partial charge in [0, 0.05) is 25.8 Å². The van der Waals surface area contributed by atoms with Crippen LogP contribution in [0.1, 0.15) is 18.4 Å². The van der Waals surface area contributed by atoms with Crippen molar-refractivity contribution in [2.24, 2.45) is 5.73 Å². The van der Waals surface area contributed by atoms with Crippen LogP contribution in [0.2, 0.25) is 5.02 Å². The number of unbranched alkanes of at least 4 members (excludes halogenated alkanes) is 1. The van der Waals surface area contributed by atoms with E-state index >= 15 is 0 Å². The van der Waals surface area contributed by atoms with Gasteiger partial charge in [-0.2, -0.15) is 0 Å². The van der Waals surface area contributed by atoms with Crippen molar-refractivity contribution in [1.29, 1.82) is 0 Å². The average Bonchev–Trinajstić information content (AvgIpc) is 2.37. The lowest BCUT2D eigenvalue weighted by molar-refractivity contribution is 0.193. The summed E-state index contributed by atoms with van der Waals surface area (Å²) in [5.41, 5.74) is 5.93. The summed E-state index contributed by atoms with van der Waals surface area (Å²) in [6.45, 7) is 0.955. The van der Waals surface area contributed by atoms with E-state index in [4.69, 9.17) is 34.3 Å². The quantitative estimate of drug-likeness (QED) is 0.557. The van der Waals surface area contributed by atoms with E-state index in [0.717, 1.165) is 6.42 Å². The molecule has 0 unspecified atom stereocenters. The summed E-state index contributed by atoms with van der Waals surface area (Å²) < 4.78 is 31.5. The maximum Gasteiger partial charge on any atom is 0.240 e. The molecule has 0 saturated carbocycles. The summed E-state index contributed by atoms with van der Waals surface area (Å²) >= 11 is 10.8. The molecule has 0 heterocycles. The molecule has 0 aliphatic carbocycles. The van der Waals surface area contributed by atoms with Gasteiger partial charge in [-0.3, -0.25) is 0 Å². The Labute approximate surface area is 129 Å². The lowest BCUT2D eigenvalue weighted by Gasteiger charge is -2.08. The molecule has 0 saturated heterocycles. The molecule has 1 rings (SSSR count). The number of nitrogens with one attached hydrogen (secondary N) is 1. The number of sulfonamides is 1. The van der Waals surface area contributed by atoms with E-state index in [2.05, 4.69) is 4.72 Å². The van der Waals surface area contributed by atoms with Crippen molar-refractivity contribution in [3.63, 3.8) is 0 Å². The lowest BCUT2D eigenvalue weighted by Crippen LogP contribution is -2.25. The number of hydrogen-bond donors (Lipinski definition) is 2. The third kappa shape index (κ3) is 4.99. The smallest absolute Gasteiger partial charge is 0.240 e. The molecule has 0 bridgehead atoms. The van der Waals surface area contributed by atoms with Crippen LogP contribution in [-0.4, -0.2) is 33.7 Å². The monoisotopic (exact) mass is 336 g/mol. The van der Waals surface area contributed by atoms with Crippen LogP contribution >= 0.6 is 23.8 Å². The normalized spacial score (nSPS) is 11.5. The second-order valence-electron chi connectivity index (χ2n) is 4.10. The van der Waals surface area contributed by atoms with Crippen molar-refractivity contribution >= 4 is 38.8 Å².